The van der Waals surface area contributed by atoms with E-state index >= 15 is 0 Å². The summed E-state index contributed by atoms with van der Waals surface area (Å²) in [4.78, 5) is 40.1. The summed E-state index contributed by atoms with van der Waals surface area (Å²) in [7, 11) is 0. The molecule has 240 valence electrons. The standard InChI is InChI=1S/C36H29ClN6O5/c37-30-18-32(43-31(41-30)17-26(42-43)29-20-38-19-28(39-29)22-10-4-1-5-11-22)40-27-16-25(21-44)33(47-35(45)23-12-6-2-7-13-23)34(27)48-36(46)24-14-8-3-9-15-24/h1-15,17-20,25,27,33-34,40,44H,16,21H2/t25-,27+,33-,34-/m1/s1. The molecule has 0 saturated heterocycles. The van der Waals surface area contributed by atoms with Crippen LogP contribution in [0.2, 0.25) is 5.15 Å². The molecule has 11 nitrogen and oxygen atoms in total. The predicted molar refractivity (Wildman–Crippen MR) is 178 cm³/mol. The largest absolute Gasteiger partial charge is 0.454 e. The average molecular weight is 661 g/mol. The molecule has 0 bridgehead atoms. The van der Waals surface area contributed by atoms with Gasteiger partial charge in [0.05, 0.1) is 35.3 Å². The van der Waals surface area contributed by atoms with Crippen molar-refractivity contribution in [3.05, 3.63) is 132 Å². The Morgan fingerprint density at radius 1 is 0.792 bits per heavy atom. The number of aliphatic hydroxyl groups excluding tert-OH is 1. The van der Waals surface area contributed by atoms with Crippen molar-refractivity contribution in [2.24, 2.45) is 5.92 Å². The van der Waals surface area contributed by atoms with Crippen molar-refractivity contribution < 1.29 is 24.2 Å². The van der Waals surface area contributed by atoms with Crippen LogP contribution in [0.25, 0.3) is 28.3 Å². The number of carbonyl (C=O) groups is 2. The van der Waals surface area contributed by atoms with Crippen LogP contribution in [-0.4, -0.2) is 66.5 Å². The molecule has 4 atom stereocenters. The Balaban J connectivity index is 1.22. The van der Waals surface area contributed by atoms with Crippen LogP contribution in [0.1, 0.15) is 27.1 Å². The number of benzene rings is 3. The molecule has 7 rings (SSSR count). The van der Waals surface area contributed by atoms with Crippen molar-refractivity contribution in [3.8, 4) is 22.6 Å². The number of aromatic nitrogens is 5. The number of nitrogens with one attached hydrogen (secondary N) is 1. The molecule has 6 aromatic rings. The van der Waals surface area contributed by atoms with E-state index in [0.717, 1.165) is 5.56 Å². The molecule has 3 aromatic heterocycles. The van der Waals surface area contributed by atoms with Gasteiger partial charge in [0.1, 0.15) is 28.5 Å². The molecule has 0 unspecified atom stereocenters. The monoisotopic (exact) mass is 660 g/mol. The highest BCUT2D eigenvalue weighted by Gasteiger charge is 2.48. The molecule has 12 heteroatoms. The SMILES string of the molecule is O=C(O[C@@H]1[C@@H](CO)C[C@H](Nc2cc(Cl)nc3cc(-c4cncc(-c5ccccc5)n4)nn23)[C@H]1OC(=O)c1ccccc1)c1ccccc1. The zero-order valence-electron chi connectivity index (χ0n) is 25.4. The predicted octanol–water partition coefficient (Wildman–Crippen LogP) is 5.75. The molecule has 3 heterocycles. The lowest BCUT2D eigenvalue weighted by atomic mass is 10.1. The van der Waals surface area contributed by atoms with Crippen LogP contribution in [0, 0.1) is 5.92 Å². The number of rotatable bonds is 9. The van der Waals surface area contributed by atoms with E-state index in [1.54, 1.807) is 89.7 Å². The quantitative estimate of drug-likeness (QED) is 0.145. The molecule has 1 saturated carbocycles. The van der Waals surface area contributed by atoms with Crippen molar-refractivity contribution in [1.29, 1.82) is 0 Å². The summed E-state index contributed by atoms with van der Waals surface area (Å²) in [5.41, 5.74) is 3.76. The molecule has 0 aliphatic heterocycles. The fourth-order valence-corrected chi connectivity index (χ4v) is 6.04. The molecule has 1 aliphatic rings. The number of fused-ring (bicyclic) bond motifs is 1. The first-order valence-electron chi connectivity index (χ1n) is 15.3. The second kappa shape index (κ2) is 13.6. The summed E-state index contributed by atoms with van der Waals surface area (Å²) >= 11 is 6.48. The third-order valence-corrected chi connectivity index (χ3v) is 8.37. The van der Waals surface area contributed by atoms with Gasteiger partial charge < -0.3 is 19.9 Å². The van der Waals surface area contributed by atoms with Crippen molar-refractivity contribution in [3.63, 3.8) is 0 Å². The van der Waals surface area contributed by atoms with E-state index in [2.05, 4.69) is 15.3 Å². The molecule has 0 spiro atoms. The zero-order chi connectivity index (χ0) is 33.0. The van der Waals surface area contributed by atoms with E-state index in [1.807, 2.05) is 30.3 Å². The topological polar surface area (TPSA) is 141 Å². The summed E-state index contributed by atoms with van der Waals surface area (Å²) in [6.07, 6.45) is 1.68. The van der Waals surface area contributed by atoms with Gasteiger partial charge >= 0.3 is 11.9 Å². The number of aliphatic hydroxyl groups is 1. The molecule has 0 radical (unpaired) electrons. The number of carbonyl (C=O) groups excluding carboxylic acids is 2. The highest BCUT2D eigenvalue weighted by atomic mass is 35.5. The Kier molecular flexibility index (Phi) is 8.78. The number of nitrogens with zero attached hydrogens (tertiary/aromatic N) is 5. The van der Waals surface area contributed by atoms with Crippen LogP contribution in [0.15, 0.2) is 116 Å². The number of ether oxygens (including phenoxy) is 2. The molecule has 1 fully saturated rings. The van der Waals surface area contributed by atoms with Gasteiger partial charge in [-0.2, -0.15) is 9.61 Å². The Hall–Kier alpha value is -5.65. The average Bonchev–Trinajstić information content (AvgIpc) is 3.70. The van der Waals surface area contributed by atoms with Gasteiger partial charge in [0.25, 0.3) is 0 Å². The Labute approximate surface area is 280 Å². The van der Waals surface area contributed by atoms with Gasteiger partial charge in [0, 0.05) is 30.2 Å². The number of halogens is 1. The minimum absolute atomic E-state index is 0.196. The van der Waals surface area contributed by atoms with Gasteiger partial charge in [-0.1, -0.05) is 78.3 Å². The van der Waals surface area contributed by atoms with Crippen molar-refractivity contribution in [2.45, 2.75) is 24.7 Å². The van der Waals surface area contributed by atoms with E-state index in [9.17, 15) is 14.7 Å². The van der Waals surface area contributed by atoms with Crippen molar-refractivity contribution in [1.82, 2.24) is 24.6 Å². The molecule has 2 N–H and O–H groups in total. The smallest absolute Gasteiger partial charge is 0.338 e. The molecule has 1 aliphatic carbocycles. The molecule has 3 aromatic carbocycles. The third-order valence-electron chi connectivity index (χ3n) is 8.18. The van der Waals surface area contributed by atoms with Crippen LogP contribution in [0.5, 0.6) is 0 Å². The summed E-state index contributed by atoms with van der Waals surface area (Å²) in [6.45, 7) is -0.306. The van der Waals surface area contributed by atoms with Crippen LogP contribution in [-0.2, 0) is 9.47 Å². The van der Waals surface area contributed by atoms with Gasteiger partial charge in [0.15, 0.2) is 11.8 Å². The van der Waals surface area contributed by atoms with Crippen LogP contribution in [0.3, 0.4) is 0 Å². The summed E-state index contributed by atoms with van der Waals surface area (Å²) < 4.78 is 13.6. The molecule has 48 heavy (non-hydrogen) atoms. The highest BCUT2D eigenvalue weighted by Crippen LogP contribution is 2.35. The van der Waals surface area contributed by atoms with E-state index in [4.69, 9.17) is 31.2 Å². The highest BCUT2D eigenvalue weighted by molar-refractivity contribution is 6.29. The first-order valence-corrected chi connectivity index (χ1v) is 15.7. The summed E-state index contributed by atoms with van der Waals surface area (Å²) in [5.74, 6) is -1.28. The summed E-state index contributed by atoms with van der Waals surface area (Å²) in [6, 6.07) is 29.5. The fourth-order valence-electron chi connectivity index (χ4n) is 5.85. The van der Waals surface area contributed by atoms with Gasteiger partial charge in [-0.15, -0.1) is 0 Å². The normalized spacial score (nSPS) is 18.8. The van der Waals surface area contributed by atoms with Crippen molar-refractivity contribution >= 4 is 35.0 Å². The number of anilines is 1. The summed E-state index contributed by atoms with van der Waals surface area (Å²) in [5, 5.41) is 18.8. The first kappa shape index (κ1) is 31.0. The lowest BCUT2D eigenvalue weighted by Crippen LogP contribution is -2.42. The van der Waals surface area contributed by atoms with Crippen LogP contribution < -0.4 is 5.32 Å². The van der Waals surface area contributed by atoms with E-state index < -0.39 is 36.1 Å². The van der Waals surface area contributed by atoms with Crippen LogP contribution >= 0.6 is 11.6 Å². The number of hydrogen-bond donors (Lipinski definition) is 2. The van der Waals surface area contributed by atoms with E-state index in [0.29, 0.717) is 46.1 Å². The molecular weight excluding hydrogens is 632 g/mol. The number of hydrogen-bond acceptors (Lipinski definition) is 10. The second-order valence-corrected chi connectivity index (χ2v) is 11.7. The van der Waals surface area contributed by atoms with Crippen molar-refractivity contribution in [2.75, 3.05) is 11.9 Å². The Morgan fingerprint density at radius 3 is 2.04 bits per heavy atom. The Bertz CT molecular complexity index is 2060. The van der Waals surface area contributed by atoms with Gasteiger partial charge in [-0.05, 0) is 30.7 Å². The fraction of sp³-hybridized carbons (Fsp3) is 0.167. The molecular formula is C36H29ClN6O5. The van der Waals surface area contributed by atoms with Gasteiger partial charge in [-0.25, -0.2) is 19.6 Å². The van der Waals surface area contributed by atoms with E-state index in [1.165, 1.54) is 0 Å². The third kappa shape index (κ3) is 6.46. The van der Waals surface area contributed by atoms with Crippen LogP contribution in [0.4, 0.5) is 5.82 Å². The maximum Gasteiger partial charge on any atom is 0.338 e. The Morgan fingerprint density at radius 2 is 1.40 bits per heavy atom. The minimum Gasteiger partial charge on any atom is -0.454 e. The van der Waals surface area contributed by atoms with E-state index in [-0.39, 0.29) is 11.8 Å². The lowest BCUT2D eigenvalue weighted by Gasteiger charge is -2.27. The lowest BCUT2D eigenvalue weighted by molar-refractivity contribution is -0.0424. The van der Waals surface area contributed by atoms with Gasteiger partial charge in [0.2, 0.25) is 0 Å². The maximum absolute atomic E-state index is 13.3. The number of esters is 2. The van der Waals surface area contributed by atoms with Gasteiger partial charge in [-0.3, -0.25) is 4.98 Å². The minimum atomic E-state index is -0.979. The molecule has 0 amide bonds. The maximum atomic E-state index is 13.3. The first-order chi connectivity index (χ1) is 23.5. The zero-order valence-corrected chi connectivity index (χ0v) is 26.1. The second-order valence-electron chi connectivity index (χ2n) is 11.3.